The van der Waals surface area contributed by atoms with Gasteiger partial charge in [0, 0.05) is 34.2 Å². The molecular formula is C27H17N3O2. The molecular weight excluding hydrogens is 398 g/mol. The van der Waals surface area contributed by atoms with Gasteiger partial charge in [0.2, 0.25) is 0 Å². The number of fused-ring (bicyclic) bond motifs is 6. The molecule has 1 heterocycles. The molecule has 0 unspecified atom stereocenters. The maximum atomic E-state index is 11.2. The number of hydrogen-bond acceptors (Lipinski definition) is 3. The average molecular weight is 415 g/mol. The van der Waals surface area contributed by atoms with Gasteiger partial charge in [0.15, 0.2) is 0 Å². The van der Waals surface area contributed by atoms with Gasteiger partial charge >= 0.3 is 0 Å². The molecule has 0 aliphatic heterocycles. The lowest BCUT2D eigenvalue weighted by molar-refractivity contribution is -0.384. The van der Waals surface area contributed by atoms with E-state index in [0.717, 1.165) is 44.3 Å². The first-order chi connectivity index (χ1) is 15.7. The number of aromatic nitrogens is 2. The van der Waals surface area contributed by atoms with Crippen LogP contribution >= 0.6 is 0 Å². The number of nitrogens with zero attached hydrogens (tertiary/aromatic N) is 3. The number of para-hydroxylation sites is 1. The summed E-state index contributed by atoms with van der Waals surface area (Å²) >= 11 is 0. The predicted octanol–water partition coefficient (Wildman–Crippen LogP) is 6.91. The molecule has 0 radical (unpaired) electrons. The summed E-state index contributed by atoms with van der Waals surface area (Å²) in [6.07, 6.45) is 0. The first-order valence-corrected chi connectivity index (χ1v) is 10.3. The lowest BCUT2D eigenvalue weighted by Gasteiger charge is -2.12. The standard InChI is InChI=1S/C27H17N3O2/c31-30(32)20-16-14-18(15-17-20)27-28-25-23-12-6-4-10-21(23)22-11-5-7-13-24(22)26(25)29(27)19-8-2-1-3-9-19/h1-17H. The van der Waals surface area contributed by atoms with E-state index in [4.69, 9.17) is 4.98 Å². The number of nitro benzene ring substituents is 1. The van der Waals surface area contributed by atoms with Crippen molar-refractivity contribution in [1.82, 2.24) is 9.55 Å². The highest BCUT2D eigenvalue weighted by Crippen LogP contribution is 2.39. The molecule has 0 saturated carbocycles. The van der Waals surface area contributed by atoms with Crippen molar-refractivity contribution in [2.24, 2.45) is 0 Å². The molecule has 0 atom stereocenters. The Morgan fingerprint density at radius 2 is 1.22 bits per heavy atom. The van der Waals surface area contributed by atoms with Gasteiger partial charge < -0.3 is 0 Å². The summed E-state index contributed by atoms with van der Waals surface area (Å²) in [5.74, 6) is 0.752. The molecule has 5 heteroatoms. The van der Waals surface area contributed by atoms with E-state index in [0.29, 0.717) is 0 Å². The van der Waals surface area contributed by atoms with Gasteiger partial charge in [-0.25, -0.2) is 4.98 Å². The van der Waals surface area contributed by atoms with Gasteiger partial charge in [-0.15, -0.1) is 0 Å². The highest BCUT2D eigenvalue weighted by molar-refractivity contribution is 6.24. The van der Waals surface area contributed by atoms with E-state index in [1.165, 1.54) is 17.5 Å². The topological polar surface area (TPSA) is 61.0 Å². The molecule has 0 saturated heterocycles. The van der Waals surface area contributed by atoms with Crippen LogP contribution < -0.4 is 0 Å². The van der Waals surface area contributed by atoms with E-state index < -0.39 is 0 Å². The third kappa shape index (κ3) is 2.68. The monoisotopic (exact) mass is 415 g/mol. The molecule has 5 aromatic carbocycles. The highest BCUT2D eigenvalue weighted by Gasteiger charge is 2.20. The Balaban J connectivity index is 1.80. The molecule has 0 N–H and O–H groups in total. The number of rotatable bonds is 3. The van der Waals surface area contributed by atoms with E-state index >= 15 is 0 Å². The minimum absolute atomic E-state index is 0.0621. The van der Waals surface area contributed by atoms with Gasteiger partial charge in [-0.2, -0.15) is 0 Å². The molecule has 5 nitrogen and oxygen atoms in total. The fraction of sp³-hybridized carbons (Fsp3) is 0. The van der Waals surface area contributed by atoms with E-state index in [1.54, 1.807) is 12.1 Å². The number of benzene rings is 5. The van der Waals surface area contributed by atoms with Crippen LogP contribution in [0, 0.1) is 10.1 Å². The smallest absolute Gasteiger partial charge is 0.269 e. The second-order valence-corrected chi connectivity index (χ2v) is 7.70. The first-order valence-electron chi connectivity index (χ1n) is 10.3. The zero-order valence-electron chi connectivity index (χ0n) is 17.0. The van der Waals surface area contributed by atoms with Crippen LogP contribution in [-0.4, -0.2) is 14.5 Å². The van der Waals surface area contributed by atoms with Crippen molar-refractivity contribution in [3.8, 4) is 17.1 Å². The van der Waals surface area contributed by atoms with Gasteiger partial charge in [-0.1, -0.05) is 66.7 Å². The molecule has 32 heavy (non-hydrogen) atoms. The summed E-state index contributed by atoms with van der Waals surface area (Å²) in [4.78, 5) is 15.9. The normalized spacial score (nSPS) is 11.4. The Morgan fingerprint density at radius 3 is 1.88 bits per heavy atom. The maximum Gasteiger partial charge on any atom is 0.269 e. The molecule has 1 aromatic heterocycles. The fourth-order valence-corrected chi connectivity index (χ4v) is 4.46. The SMILES string of the molecule is O=[N+]([O-])c1ccc(-c2nc3c4ccccc4c4ccccc4c3n2-c2ccccc2)cc1. The number of non-ortho nitro benzene ring substituents is 1. The zero-order valence-corrected chi connectivity index (χ0v) is 17.0. The molecule has 0 aliphatic carbocycles. The summed E-state index contributed by atoms with van der Waals surface area (Å²) < 4.78 is 2.16. The Kier molecular flexibility index (Phi) is 4.01. The second-order valence-electron chi connectivity index (χ2n) is 7.70. The van der Waals surface area contributed by atoms with Crippen LogP contribution in [0.4, 0.5) is 5.69 Å². The Labute approximate surface area is 183 Å². The Morgan fingerprint density at radius 1 is 0.656 bits per heavy atom. The summed E-state index contributed by atoms with van der Waals surface area (Å²) in [5.41, 5.74) is 3.81. The molecule has 0 fully saturated rings. The predicted molar refractivity (Wildman–Crippen MR) is 128 cm³/mol. The molecule has 0 amide bonds. The van der Waals surface area contributed by atoms with Crippen molar-refractivity contribution in [1.29, 1.82) is 0 Å². The third-order valence-corrected chi connectivity index (χ3v) is 5.88. The summed E-state index contributed by atoms with van der Waals surface area (Å²) in [6.45, 7) is 0. The molecule has 0 aliphatic rings. The van der Waals surface area contributed by atoms with Crippen LogP contribution in [0.15, 0.2) is 103 Å². The van der Waals surface area contributed by atoms with Crippen LogP contribution in [0.25, 0.3) is 49.7 Å². The lowest BCUT2D eigenvalue weighted by atomic mass is 10.00. The van der Waals surface area contributed by atoms with Crippen molar-refractivity contribution in [2.75, 3.05) is 0 Å². The van der Waals surface area contributed by atoms with Gasteiger partial charge in [0.1, 0.15) is 5.82 Å². The Bertz CT molecular complexity index is 1640. The van der Waals surface area contributed by atoms with Crippen molar-refractivity contribution < 1.29 is 4.92 Å². The second kappa shape index (κ2) is 7.03. The van der Waals surface area contributed by atoms with Crippen LogP contribution in [-0.2, 0) is 0 Å². The van der Waals surface area contributed by atoms with Crippen LogP contribution in [0.1, 0.15) is 0 Å². The minimum Gasteiger partial charge on any atom is -0.292 e. The third-order valence-electron chi connectivity index (χ3n) is 5.88. The van der Waals surface area contributed by atoms with Gasteiger partial charge in [0.05, 0.1) is 16.0 Å². The van der Waals surface area contributed by atoms with Crippen LogP contribution in [0.2, 0.25) is 0 Å². The molecule has 6 aromatic rings. The molecule has 0 spiro atoms. The van der Waals surface area contributed by atoms with E-state index in [9.17, 15) is 10.1 Å². The summed E-state index contributed by atoms with van der Waals surface area (Å²) in [6, 6.07) is 33.4. The van der Waals surface area contributed by atoms with Crippen LogP contribution in [0.3, 0.4) is 0 Å². The fourth-order valence-electron chi connectivity index (χ4n) is 4.46. The zero-order chi connectivity index (χ0) is 21.7. The maximum absolute atomic E-state index is 11.2. The van der Waals surface area contributed by atoms with Crippen molar-refractivity contribution in [3.05, 3.63) is 113 Å². The van der Waals surface area contributed by atoms with Crippen molar-refractivity contribution >= 4 is 38.3 Å². The number of imidazole rings is 1. The largest absolute Gasteiger partial charge is 0.292 e. The van der Waals surface area contributed by atoms with Crippen LogP contribution in [0.5, 0.6) is 0 Å². The lowest BCUT2D eigenvalue weighted by Crippen LogP contribution is -1.98. The first kappa shape index (κ1) is 18.3. The van der Waals surface area contributed by atoms with Crippen molar-refractivity contribution in [2.45, 2.75) is 0 Å². The summed E-state index contributed by atoms with van der Waals surface area (Å²) in [7, 11) is 0. The van der Waals surface area contributed by atoms with Gasteiger partial charge in [-0.3, -0.25) is 14.7 Å². The highest BCUT2D eigenvalue weighted by atomic mass is 16.6. The number of hydrogen-bond donors (Lipinski definition) is 0. The number of nitro groups is 1. The van der Waals surface area contributed by atoms with E-state index in [-0.39, 0.29) is 10.6 Å². The van der Waals surface area contributed by atoms with Gasteiger partial charge in [0.25, 0.3) is 5.69 Å². The van der Waals surface area contributed by atoms with E-state index in [2.05, 4.69) is 47.0 Å². The Hall–Kier alpha value is -4.51. The molecule has 152 valence electrons. The minimum atomic E-state index is -0.384. The molecule has 6 rings (SSSR count). The molecule has 0 bridgehead atoms. The summed E-state index contributed by atoms with van der Waals surface area (Å²) in [5, 5.41) is 15.7. The quantitative estimate of drug-likeness (QED) is 0.179. The van der Waals surface area contributed by atoms with E-state index in [1.807, 2.05) is 36.4 Å². The average Bonchev–Trinajstić information content (AvgIpc) is 3.26. The van der Waals surface area contributed by atoms with Gasteiger partial charge in [-0.05, 0) is 35.0 Å². The van der Waals surface area contributed by atoms with Crippen molar-refractivity contribution in [3.63, 3.8) is 0 Å².